The number of rotatable bonds is 40. The van der Waals surface area contributed by atoms with Crippen LogP contribution < -0.4 is 11.4 Å². The smallest absolute Gasteiger partial charge is 0.462 e. The van der Waals surface area contributed by atoms with Crippen molar-refractivity contribution in [1.29, 1.82) is 0 Å². The molecule has 2 unspecified atom stereocenters. The Hall–Kier alpha value is -4.65. The summed E-state index contributed by atoms with van der Waals surface area (Å²) < 4.78 is 56.6. The number of hydrogen-bond acceptors (Lipinski definition) is 16. The summed E-state index contributed by atoms with van der Waals surface area (Å²) in [5.41, 5.74) is 4.57. The molecule has 0 spiro atoms. The van der Waals surface area contributed by atoms with E-state index in [0.717, 1.165) is 87.8 Å². The number of nitrogen functional groups attached to an aromatic ring is 1. The van der Waals surface area contributed by atoms with Crippen molar-refractivity contribution in [1.82, 2.24) is 9.55 Å². The summed E-state index contributed by atoms with van der Waals surface area (Å²) in [6.07, 6.45) is 39.1. The van der Waals surface area contributed by atoms with Crippen LogP contribution in [-0.2, 0) is 51.1 Å². The van der Waals surface area contributed by atoms with Crippen molar-refractivity contribution >= 4 is 39.2 Å². The number of phosphoric ester groups is 2. The molecule has 19 nitrogen and oxygen atoms in total. The van der Waals surface area contributed by atoms with Crippen molar-refractivity contribution in [2.75, 3.05) is 25.6 Å². The normalized spacial score (nSPS) is 19.7. The first kappa shape index (κ1) is 64.5. The third-order valence-corrected chi connectivity index (χ3v) is 13.2. The molecule has 1 aromatic rings. The van der Waals surface area contributed by atoms with Crippen molar-refractivity contribution in [3.63, 3.8) is 0 Å². The summed E-state index contributed by atoms with van der Waals surface area (Å²) in [7, 11) is -10.9. The summed E-state index contributed by atoms with van der Waals surface area (Å²) in [6, 6.07) is 1.24. The van der Waals surface area contributed by atoms with E-state index < -0.39 is 83.7 Å². The molecule has 0 saturated carbocycles. The highest BCUT2D eigenvalue weighted by atomic mass is 31.3. The molecule has 1 fully saturated rings. The molecule has 0 aromatic carbocycles. The lowest BCUT2D eigenvalue weighted by Gasteiger charge is -2.21. The number of carbonyl (C=O) groups excluding carboxylic acids is 3. The number of allylic oxidation sites excluding steroid dienone is 16. The minimum atomic E-state index is -5.46. The highest BCUT2D eigenvalue weighted by molar-refractivity contribution is 7.61. The third kappa shape index (κ3) is 31.6. The first-order valence-corrected chi connectivity index (χ1v) is 28.2. The van der Waals surface area contributed by atoms with Gasteiger partial charge in [0.05, 0.1) is 13.2 Å². The molecule has 1 aliphatic rings. The second-order valence-electron chi connectivity index (χ2n) is 17.0. The molecule has 7 atom stereocenters. The first-order chi connectivity index (χ1) is 35.1. The zero-order valence-corrected chi connectivity index (χ0v) is 44.2. The van der Waals surface area contributed by atoms with Gasteiger partial charge in [-0.2, -0.15) is 9.29 Å². The molecule has 0 radical (unpaired) electrons. The minimum Gasteiger partial charge on any atom is -0.462 e. The van der Waals surface area contributed by atoms with Crippen LogP contribution in [0.4, 0.5) is 5.82 Å². The predicted molar refractivity (Wildman–Crippen MR) is 280 cm³/mol. The molecule has 1 aliphatic heterocycles. The van der Waals surface area contributed by atoms with Crippen molar-refractivity contribution in [3.05, 3.63) is 120 Å². The van der Waals surface area contributed by atoms with Crippen molar-refractivity contribution in [2.24, 2.45) is 0 Å². The molecule has 408 valence electrons. The van der Waals surface area contributed by atoms with Gasteiger partial charge in [-0.3, -0.25) is 28.0 Å². The molecule has 73 heavy (non-hydrogen) atoms. The van der Waals surface area contributed by atoms with Crippen molar-refractivity contribution < 1.29 is 71.1 Å². The van der Waals surface area contributed by atoms with Crippen LogP contribution in [-0.4, -0.2) is 91.5 Å². The van der Waals surface area contributed by atoms with Crippen LogP contribution in [0.15, 0.2) is 114 Å². The fourth-order valence-corrected chi connectivity index (χ4v) is 8.83. The summed E-state index contributed by atoms with van der Waals surface area (Å²) in [5, 5.41) is 20.9. The van der Waals surface area contributed by atoms with Crippen LogP contribution in [0, 0.1) is 0 Å². The number of esters is 2. The summed E-state index contributed by atoms with van der Waals surface area (Å²) in [6.45, 7) is 1.78. The van der Waals surface area contributed by atoms with Crippen LogP contribution in [0.2, 0.25) is 0 Å². The molecule has 0 bridgehead atoms. The average Bonchev–Trinajstić information content (AvgIpc) is 3.62. The molecule has 1 saturated heterocycles. The van der Waals surface area contributed by atoms with E-state index in [4.69, 9.17) is 29.0 Å². The number of aromatic nitrogens is 2. The Morgan fingerprint density at radius 3 is 1.93 bits per heavy atom. The molecular weight excluding hydrogens is 985 g/mol. The van der Waals surface area contributed by atoms with Gasteiger partial charge in [0.2, 0.25) is 0 Å². The van der Waals surface area contributed by atoms with Gasteiger partial charge in [-0.15, -0.1) is 0 Å². The molecule has 6 N–H and O–H groups in total. The van der Waals surface area contributed by atoms with Gasteiger partial charge in [-0.05, 0) is 89.2 Å². The van der Waals surface area contributed by atoms with E-state index in [1.54, 1.807) is 12.2 Å². The number of aliphatic hydroxyl groups is 2. The number of nitrogens with zero attached hydrogens (tertiary/aromatic N) is 2. The molecule has 0 aliphatic carbocycles. The van der Waals surface area contributed by atoms with Gasteiger partial charge in [0.15, 0.2) is 18.1 Å². The third-order valence-electron chi connectivity index (χ3n) is 10.6. The zero-order chi connectivity index (χ0) is 53.6. The monoisotopic (exact) mass is 1060 g/mol. The molecule has 2 heterocycles. The fraction of sp³-hybridized carbons (Fsp3) is 0.558. The Morgan fingerprint density at radius 2 is 1.29 bits per heavy atom. The Kier molecular flexibility index (Phi) is 34.3. The standard InChI is InChI=1S/C52H79N3O16P2/c1-3-5-7-8-9-10-11-12-13-14-15-16-19-23-26-29-33-37-48(58)69-44(40-66-47(57)36-32-28-25-22-20-17-18-21-24-27-31-35-43(56)34-30-6-4-2)41-67-72(62,63)71-73(64,65)68-42-45-49(59)50(60)51(70-45)55-39-38-46(53)54-52(55)61/h5,7,9-10,12-13,15-18,22,24-25,27,31,35,38-39,44-45,49-51,59-60H,3-4,6,8,11,14,19-21,23,26,28-30,32-34,36-37,40-42H2,1-2H3,(H,62,63)(H,64,65)(H2,53,54,61)/b7-5-,10-9-,13-12-,16-15-,18-17-,25-22-,27-24-,35-31+/t44-,45-,49-,50-,51-/m1/s1. The quantitative estimate of drug-likeness (QED) is 0.0102. The average molecular weight is 1060 g/mol. The Bertz CT molecular complexity index is 2170. The van der Waals surface area contributed by atoms with E-state index in [1.807, 2.05) is 36.5 Å². The number of phosphoric acid groups is 2. The van der Waals surface area contributed by atoms with E-state index in [1.165, 1.54) is 6.07 Å². The van der Waals surface area contributed by atoms with Gasteiger partial charge in [-0.25, -0.2) is 13.9 Å². The van der Waals surface area contributed by atoms with Crippen LogP contribution in [0.1, 0.15) is 142 Å². The van der Waals surface area contributed by atoms with Gasteiger partial charge in [0.25, 0.3) is 0 Å². The Labute approximate surface area is 430 Å². The largest absolute Gasteiger partial charge is 0.481 e. The Morgan fingerprint density at radius 1 is 0.712 bits per heavy atom. The molecule has 2 rings (SSSR count). The highest BCUT2D eigenvalue weighted by Crippen LogP contribution is 2.60. The van der Waals surface area contributed by atoms with E-state index in [-0.39, 0.29) is 24.4 Å². The number of carbonyl (C=O) groups is 3. The highest BCUT2D eigenvalue weighted by Gasteiger charge is 2.46. The van der Waals surface area contributed by atoms with Gasteiger partial charge in [-0.1, -0.05) is 131 Å². The van der Waals surface area contributed by atoms with Gasteiger partial charge in [0.1, 0.15) is 30.7 Å². The molecule has 21 heteroatoms. The van der Waals surface area contributed by atoms with Gasteiger partial charge in [0, 0.05) is 25.5 Å². The predicted octanol–water partition coefficient (Wildman–Crippen LogP) is 9.62. The number of ketones is 1. The van der Waals surface area contributed by atoms with Crippen molar-refractivity contribution in [3.8, 4) is 0 Å². The SMILES string of the molecule is CC/C=C\C/C=C\C/C=C\C/C=C\CCCCCCC(=O)O[C@H](COC(=O)CCC/C=C\C/C=C\C/C=C\C=C\C(=O)CCCCC)COP(=O)(O)OP(=O)(O)OC[C@H]1O[C@@H](n2ccc(N)nc2=O)[C@H](O)[C@@H]1O. The number of unbranched alkanes of at least 4 members (excludes halogenated alkanes) is 7. The minimum absolute atomic E-state index is 0.00745. The number of anilines is 1. The van der Waals surface area contributed by atoms with Crippen LogP contribution in [0.5, 0.6) is 0 Å². The molecule has 0 amide bonds. The number of ether oxygens (including phenoxy) is 3. The lowest BCUT2D eigenvalue weighted by atomic mass is 10.1. The van der Waals surface area contributed by atoms with Crippen molar-refractivity contribution in [2.45, 2.75) is 166 Å². The maximum Gasteiger partial charge on any atom is 0.481 e. The first-order valence-electron chi connectivity index (χ1n) is 25.2. The Balaban J connectivity index is 1.85. The van der Waals surface area contributed by atoms with Gasteiger partial charge < -0.3 is 39.9 Å². The van der Waals surface area contributed by atoms with E-state index in [9.17, 15) is 48.3 Å². The number of hydrogen-bond donors (Lipinski definition) is 5. The summed E-state index contributed by atoms with van der Waals surface area (Å²) >= 11 is 0. The molecule has 1 aromatic heterocycles. The molecular formula is C52H79N3O16P2. The summed E-state index contributed by atoms with van der Waals surface area (Å²) in [4.78, 5) is 73.7. The lowest BCUT2D eigenvalue weighted by Crippen LogP contribution is -2.36. The van der Waals surface area contributed by atoms with E-state index in [0.29, 0.717) is 32.1 Å². The maximum absolute atomic E-state index is 12.9. The van der Waals surface area contributed by atoms with Crippen LogP contribution >= 0.6 is 15.6 Å². The van der Waals surface area contributed by atoms with Crippen LogP contribution in [0.25, 0.3) is 0 Å². The van der Waals surface area contributed by atoms with Crippen LogP contribution in [0.3, 0.4) is 0 Å². The zero-order valence-electron chi connectivity index (χ0n) is 42.4. The second-order valence-corrected chi connectivity index (χ2v) is 20.0. The van der Waals surface area contributed by atoms with Gasteiger partial charge >= 0.3 is 33.3 Å². The lowest BCUT2D eigenvalue weighted by molar-refractivity contribution is -0.161. The van der Waals surface area contributed by atoms with E-state index in [2.05, 4.69) is 71.8 Å². The van der Waals surface area contributed by atoms with E-state index >= 15 is 0 Å². The number of aliphatic hydroxyl groups excluding tert-OH is 2. The fourth-order valence-electron chi connectivity index (χ4n) is 6.72. The second kappa shape index (κ2) is 38.9. The summed E-state index contributed by atoms with van der Waals surface area (Å²) in [5.74, 6) is -1.32. The topological polar surface area (TPSA) is 283 Å². The maximum atomic E-state index is 12.9. The number of nitrogens with two attached hydrogens (primary N) is 1.